The Labute approximate surface area is 176 Å². The highest BCUT2D eigenvalue weighted by Gasteiger charge is 2.33. The fraction of sp³-hybridized carbons (Fsp3) is 0.545. The van der Waals surface area contributed by atoms with Gasteiger partial charge in [-0.15, -0.1) is 0 Å². The summed E-state index contributed by atoms with van der Waals surface area (Å²) in [5.41, 5.74) is 7.48. The van der Waals surface area contributed by atoms with E-state index in [1.165, 1.54) is 0 Å². The molecular formula is C22H29N5O3. The van der Waals surface area contributed by atoms with E-state index in [1.807, 2.05) is 36.1 Å². The van der Waals surface area contributed by atoms with Gasteiger partial charge in [0.05, 0.1) is 12.5 Å². The molecule has 0 bridgehead atoms. The Morgan fingerprint density at radius 2 is 1.90 bits per heavy atom. The van der Waals surface area contributed by atoms with Crippen LogP contribution in [0.3, 0.4) is 0 Å². The molecule has 2 saturated heterocycles. The number of benzene rings is 1. The molecule has 0 aliphatic carbocycles. The summed E-state index contributed by atoms with van der Waals surface area (Å²) in [4.78, 5) is 33.0. The first-order valence-corrected chi connectivity index (χ1v) is 10.7. The van der Waals surface area contributed by atoms with Gasteiger partial charge in [0.15, 0.2) is 0 Å². The number of amides is 2. The second kappa shape index (κ2) is 8.95. The molecule has 0 spiro atoms. The van der Waals surface area contributed by atoms with Gasteiger partial charge < -0.3 is 15.2 Å². The zero-order chi connectivity index (χ0) is 21.1. The van der Waals surface area contributed by atoms with E-state index in [9.17, 15) is 9.59 Å². The Kier molecular flexibility index (Phi) is 6.13. The fourth-order valence-electron chi connectivity index (χ4n) is 4.49. The van der Waals surface area contributed by atoms with Crippen molar-refractivity contribution < 1.29 is 14.1 Å². The summed E-state index contributed by atoms with van der Waals surface area (Å²) in [6, 6.07) is 7.96. The van der Waals surface area contributed by atoms with Crippen molar-refractivity contribution in [1.29, 1.82) is 0 Å². The highest BCUT2D eigenvalue weighted by molar-refractivity contribution is 5.80. The van der Waals surface area contributed by atoms with Crippen molar-refractivity contribution in [1.82, 2.24) is 19.9 Å². The number of nitrogens with zero attached hydrogens (tertiary/aromatic N) is 4. The quantitative estimate of drug-likeness (QED) is 0.806. The highest BCUT2D eigenvalue weighted by atomic mass is 16.5. The van der Waals surface area contributed by atoms with Crippen molar-refractivity contribution in [3.8, 4) is 11.4 Å². The summed E-state index contributed by atoms with van der Waals surface area (Å²) in [7, 11) is 0. The van der Waals surface area contributed by atoms with Crippen molar-refractivity contribution in [3.63, 3.8) is 0 Å². The number of nitrogens with two attached hydrogens (primary N) is 1. The van der Waals surface area contributed by atoms with Crippen LogP contribution in [0, 0.1) is 18.8 Å². The lowest BCUT2D eigenvalue weighted by Gasteiger charge is -2.37. The molecule has 2 amide bonds. The number of carbonyl (C=O) groups is 2. The van der Waals surface area contributed by atoms with Crippen LogP contribution in [-0.2, 0) is 16.1 Å². The summed E-state index contributed by atoms with van der Waals surface area (Å²) in [6.07, 6.45) is 3.19. The number of hydrogen-bond donors (Lipinski definition) is 1. The molecule has 0 radical (unpaired) electrons. The fourth-order valence-corrected chi connectivity index (χ4v) is 4.49. The molecule has 8 nitrogen and oxygen atoms in total. The van der Waals surface area contributed by atoms with Gasteiger partial charge in [-0.25, -0.2) is 0 Å². The van der Waals surface area contributed by atoms with Gasteiger partial charge in [0.25, 0.3) is 0 Å². The van der Waals surface area contributed by atoms with E-state index < -0.39 is 0 Å². The number of carbonyl (C=O) groups excluding carboxylic acids is 2. The smallest absolute Gasteiger partial charge is 0.241 e. The van der Waals surface area contributed by atoms with Gasteiger partial charge in [-0.05, 0) is 44.7 Å². The van der Waals surface area contributed by atoms with Gasteiger partial charge in [0, 0.05) is 31.1 Å². The molecule has 1 aromatic carbocycles. The largest absolute Gasteiger partial charge is 0.369 e. The van der Waals surface area contributed by atoms with E-state index in [4.69, 9.17) is 10.3 Å². The van der Waals surface area contributed by atoms with E-state index in [2.05, 4.69) is 15.0 Å². The Bertz CT molecular complexity index is 904. The van der Waals surface area contributed by atoms with Crippen LogP contribution in [0.2, 0.25) is 0 Å². The third-order valence-corrected chi connectivity index (χ3v) is 6.28. The molecule has 30 heavy (non-hydrogen) atoms. The molecule has 3 heterocycles. The molecule has 2 aliphatic rings. The molecule has 8 heteroatoms. The highest BCUT2D eigenvalue weighted by Crippen LogP contribution is 2.25. The zero-order valence-electron chi connectivity index (χ0n) is 17.4. The standard InChI is InChI=1S/C22H29N5O3/c1-15-5-2-3-7-18(15)21-24-19(30-25-21)14-26-10-4-6-17(13-26)22(29)27-11-8-16(9-12-27)20(23)28/h2-3,5,7,16-17H,4,6,8-14H2,1H3,(H2,23,28). The van der Waals surface area contributed by atoms with Crippen molar-refractivity contribution in [3.05, 3.63) is 35.7 Å². The first kappa shape index (κ1) is 20.5. The Hall–Kier alpha value is -2.74. The average Bonchev–Trinajstić information content (AvgIpc) is 3.22. The Balaban J connectivity index is 1.34. The van der Waals surface area contributed by atoms with Gasteiger partial charge in [0.1, 0.15) is 0 Å². The number of piperidine rings is 2. The summed E-state index contributed by atoms with van der Waals surface area (Å²) in [5, 5.41) is 4.14. The predicted molar refractivity (Wildman–Crippen MR) is 111 cm³/mol. The van der Waals surface area contributed by atoms with E-state index >= 15 is 0 Å². The Morgan fingerprint density at radius 3 is 2.63 bits per heavy atom. The first-order chi connectivity index (χ1) is 14.5. The van der Waals surface area contributed by atoms with Crippen LogP contribution in [0.1, 0.15) is 37.1 Å². The maximum Gasteiger partial charge on any atom is 0.241 e. The Morgan fingerprint density at radius 1 is 1.13 bits per heavy atom. The molecule has 2 aromatic rings. The normalized spacial score (nSPS) is 21.0. The van der Waals surface area contributed by atoms with Gasteiger partial charge in [-0.3, -0.25) is 14.5 Å². The third kappa shape index (κ3) is 4.53. The van der Waals surface area contributed by atoms with Crippen LogP contribution in [0.4, 0.5) is 0 Å². The van der Waals surface area contributed by atoms with Crippen LogP contribution < -0.4 is 5.73 Å². The summed E-state index contributed by atoms with van der Waals surface area (Å²) in [5.74, 6) is 0.984. The summed E-state index contributed by atoms with van der Waals surface area (Å²) < 4.78 is 5.48. The van der Waals surface area contributed by atoms with Gasteiger partial charge in [-0.2, -0.15) is 4.98 Å². The number of primary amides is 1. The molecular weight excluding hydrogens is 382 g/mol. The molecule has 1 aromatic heterocycles. The molecule has 1 atom stereocenters. The van der Waals surface area contributed by atoms with E-state index in [0.717, 1.165) is 30.5 Å². The number of hydrogen-bond acceptors (Lipinski definition) is 6. The maximum atomic E-state index is 13.0. The molecule has 160 valence electrons. The van der Waals surface area contributed by atoms with Crippen molar-refractivity contribution >= 4 is 11.8 Å². The van der Waals surface area contributed by atoms with Gasteiger partial charge in [0.2, 0.25) is 23.5 Å². The minimum Gasteiger partial charge on any atom is -0.369 e. The summed E-state index contributed by atoms with van der Waals surface area (Å²) >= 11 is 0. The lowest BCUT2D eigenvalue weighted by molar-refractivity contribution is -0.140. The van der Waals surface area contributed by atoms with E-state index in [0.29, 0.717) is 50.7 Å². The summed E-state index contributed by atoms with van der Waals surface area (Å²) in [6.45, 7) is 5.41. The molecule has 0 saturated carbocycles. The molecule has 1 unspecified atom stereocenters. The lowest BCUT2D eigenvalue weighted by Crippen LogP contribution is -2.48. The van der Waals surface area contributed by atoms with Gasteiger partial charge >= 0.3 is 0 Å². The van der Waals surface area contributed by atoms with Crippen molar-refractivity contribution in [2.24, 2.45) is 17.6 Å². The van der Waals surface area contributed by atoms with Crippen LogP contribution in [0.25, 0.3) is 11.4 Å². The average molecular weight is 412 g/mol. The number of rotatable bonds is 5. The zero-order valence-corrected chi connectivity index (χ0v) is 17.4. The molecule has 2 N–H and O–H groups in total. The number of aromatic nitrogens is 2. The van der Waals surface area contributed by atoms with Crippen LogP contribution in [0.5, 0.6) is 0 Å². The number of aryl methyl sites for hydroxylation is 1. The second-order valence-electron chi connectivity index (χ2n) is 8.40. The SMILES string of the molecule is Cc1ccccc1-c1noc(CN2CCCC(C(=O)N3CCC(C(N)=O)CC3)C2)n1. The van der Waals surface area contributed by atoms with E-state index in [1.54, 1.807) is 0 Å². The lowest BCUT2D eigenvalue weighted by atomic mass is 9.92. The second-order valence-corrected chi connectivity index (χ2v) is 8.40. The predicted octanol–water partition coefficient (Wildman–Crippen LogP) is 1.98. The monoisotopic (exact) mass is 411 g/mol. The molecule has 2 fully saturated rings. The van der Waals surface area contributed by atoms with Crippen molar-refractivity contribution in [2.75, 3.05) is 26.2 Å². The first-order valence-electron chi connectivity index (χ1n) is 10.7. The minimum atomic E-state index is -0.254. The van der Waals surface area contributed by atoms with E-state index in [-0.39, 0.29) is 23.7 Å². The minimum absolute atomic E-state index is 0.0253. The third-order valence-electron chi connectivity index (χ3n) is 6.28. The molecule has 2 aliphatic heterocycles. The van der Waals surface area contributed by atoms with Crippen molar-refractivity contribution in [2.45, 2.75) is 39.2 Å². The van der Waals surface area contributed by atoms with Crippen LogP contribution in [-0.4, -0.2) is 57.9 Å². The number of likely N-dealkylation sites (tertiary alicyclic amines) is 2. The van der Waals surface area contributed by atoms with Crippen LogP contribution in [0.15, 0.2) is 28.8 Å². The van der Waals surface area contributed by atoms with Gasteiger partial charge in [-0.1, -0.05) is 29.4 Å². The van der Waals surface area contributed by atoms with Crippen LogP contribution >= 0.6 is 0 Å². The molecule has 4 rings (SSSR count). The topological polar surface area (TPSA) is 106 Å². The maximum absolute atomic E-state index is 13.0.